The number of fused-ring (bicyclic) bond motifs is 1. The van der Waals surface area contributed by atoms with Gasteiger partial charge in [-0.15, -0.1) is 0 Å². The minimum Gasteiger partial charge on any atom is -0.386 e. The number of nitrogen functional groups attached to an aromatic ring is 1. The fourth-order valence-corrected chi connectivity index (χ4v) is 8.44. The van der Waals surface area contributed by atoms with Crippen LogP contribution in [0.1, 0.15) is 59.1 Å². The smallest absolute Gasteiger partial charge is 0.386 e. The molecule has 29 heteroatoms. The number of anilines is 1. The van der Waals surface area contributed by atoms with Gasteiger partial charge in [0.15, 0.2) is 22.8 Å². The van der Waals surface area contributed by atoms with Crippen molar-refractivity contribution in [2.24, 2.45) is 5.41 Å². The molecule has 1 aliphatic rings. The summed E-state index contributed by atoms with van der Waals surface area (Å²) >= 11 is 1.12. The summed E-state index contributed by atoms with van der Waals surface area (Å²) in [5.41, 5.74) is 4.27. The van der Waals surface area contributed by atoms with Crippen molar-refractivity contribution in [2.45, 2.75) is 83.5 Å². The topological polar surface area (TPSA) is 364 Å². The number of rotatable bonds is 23. The van der Waals surface area contributed by atoms with Crippen molar-refractivity contribution in [3.8, 4) is 0 Å². The zero-order valence-electron chi connectivity index (χ0n) is 30.9. The molecule has 24 nitrogen and oxygen atoms in total. The Hall–Kier alpha value is -1.84. The standard InChI is InChI=1S/C27H46N7O17P3S.Li/c1-4-5-6-7-18(36)55-11-10-29-17(35)8-9-30-25(39)22(38)27(2,3)13-48-54(45,46)51-53(43,44)47-12-16-21(50-52(40,41)42)20(37)26(49-16)34-15-33-19-23(28)31-14-32-24(19)34;/h14-16,20-22,26,37-38H,4-13H2,1-3H3,(H,29,35)(H,30,39)(H,43,44)(H,45,46)(H2,28,31,32)(H2,40,41,42);/t16-,20-,21-,22+,26-;/m1./s1. The summed E-state index contributed by atoms with van der Waals surface area (Å²) in [7, 11) is -16.4. The van der Waals surface area contributed by atoms with E-state index in [9.17, 15) is 57.9 Å². The number of aliphatic hydroxyl groups excluding tert-OH is 2. The normalized spacial score (nSPS) is 21.4. The number of nitrogens with two attached hydrogens (primary N) is 1. The molecule has 313 valence electrons. The molecule has 2 aromatic heterocycles. The van der Waals surface area contributed by atoms with E-state index in [-0.39, 0.29) is 60.5 Å². The van der Waals surface area contributed by atoms with Crippen LogP contribution in [0.3, 0.4) is 0 Å². The Morgan fingerprint density at radius 3 is 2.38 bits per heavy atom. The van der Waals surface area contributed by atoms with Crippen LogP contribution in [0.5, 0.6) is 0 Å². The Labute approximate surface area is 337 Å². The third-order valence-corrected chi connectivity index (χ3v) is 11.8. The van der Waals surface area contributed by atoms with Gasteiger partial charge in [-0.25, -0.2) is 28.6 Å². The van der Waals surface area contributed by atoms with Gasteiger partial charge in [0, 0.05) is 56.0 Å². The third-order valence-electron chi connectivity index (χ3n) is 7.75. The van der Waals surface area contributed by atoms with Crippen LogP contribution in [0.15, 0.2) is 12.7 Å². The van der Waals surface area contributed by atoms with Crippen LogP contribution in [-0.2, 0) is 50.7 Å². The number of imidazole rings is 1. The van der Waals surface area contributed by atoms with Crippen LogP contribution in [0.4, 0.5) is 5.82 Å². The van der Waals surface area contributed by atoms with E-state index in [0.29, 0.717) is 12.2 Å². The second kappa shape index (κ2) is 22.0. The number of phosphoric ester groups is 3. The molecule has 1 radical (unpaired) electrons. The van der Waals surface area contributed by atoms with Gasteiger partial charge in [0.25, 0.3) is 0 Å². The van der Waals surface area contributed by atoms with Crippen LogP contribution in [0, 0.1) is 5.41 Å². The zero-order valence-corrected chi connectivity index (χ0v) is 34.4. The average molecular weight is 873 g/mol. The van der Waals surface area contributed by atoms with Gasteiger partial charge in [0.05, 0.1) is 19.5 Å². The average Bonchev–Trinajstić information content (AvgIpc) is 3.64. The van der Waals surface area contributed by atoms with Gasteiger partial charge in [-0.2, -0.15) is 4.31 Å². The van der Waals surface area contributed by atoms with Crippen LogP contribution >= 0.6 is 35.2 Å². The van der Waals surface area contributed by atoms with Gasteiger partial charge in [-0.3, -0.25) is 32.5 Å². The minimum atomic E-state index is -5.56. The van der Waals surface area contributed by atoms with Crippen molar-refractivity contribution in [1.82, 2.24) is 30.2 Å². The third kappa shape index (κ3) is 15.7. The number of carbonyl (C=O) groups is 3. The molecule has 2 amide bonds. The Balaban J connectivity index is 0.0000108. The van der Waals surface area contributed by atoms with Crippen LogP contribution in [0.2, 0.25) is 0 Å². The summed E-state index contributed by atoms with van der Waals surface area (Å²) < 4.78 is 62.1. The number of nitrogens with zero attached hydrogens (tertiary/aromatic N) is 4. The number of carbonyl (C=O) groups excluding carboxylic acids is 3. The van der Waals surface area contributed by atoms with E-state index in [1.165, 1.54) is 13.8 Å². The van der Waals surface area contributed by atoms with Crippen molar-refractivity contribution in [3.63, 3.8) is 0 Å². The molecule has 56 heavy (non-hydrogen) atoms. The quantitative estimate of drug-likeness (QED) is 0.0399. The number of nitrogens with one attached hydrogen (secondary N) is 2. The number of thioether (sulfide) groups is 1. The summed E-state index contributed by atoms with van der Waals surface area (Å²) in [6.07, 6.45) is -3.63. The maximum Gasteiger partial charge on any atom is 0.481 e. The molecule has 7 atom stereocenters. The number of aliphatic hydroxyl groups is 2. The summed E-state index contributed by atoms with van der Waals surface area (Å²) in [5.74, 6) is -1.04. The monoisotopic (exact) mass is 872 g/mol. The first-order valence-corrected chi connectivity index (χ1v) is 22.1. The number of unbranched alkanes of at least 4 members (excludes halogenated alkanes) is 2. The zero-order chi connectivity index (χ0) is 41.2. The molecule has 3 rings (SSSR count). The second-order valence-corrected chi connectivity index (χ2v) is 18.1. The predicted octanol–water partition coefficient (Wildman–Crippen LogP) is -0.136. The summed E-state index contributed by atoms with van der Waals surface area (Å²) in [4.78, 5) is 87.3. The Morgan fingerprint density at radius 1 is 1.04 bits per heavy atom. The van der Waals surface area contributed by atoms with Crippen LogP contribution in [0.25, 0.3) is 11.2 Å². The maximum absolute atomic E-state index is 12.7. The Morgan fingerprint density at radius 2 is 1.71 bits per heavy atom. The van der Waals surface area contributed by atoms with Gasteiger partial charge in [0.1, 0.15) is 36.3 Å². The molecule has 0 aliphatic carbocycles. The van der Waals surface area contributed by atoms with E-state index in [2.05, 4.69) is 34.4 Å². The summed E-state index contributed by atoms with van der Waals surface area (Å²) in [6, 6.07) is 0. The van der Waals surface area contributed by atoms with Crippen molar-refractivity contribution < 1.29 is 80.5 Å². The molecule has 1 aliphatic heterocycles. The van der Waals surface area contributed by atoms with E-state index >= 15 is 0 Å². The largest absolute Gasteiger partial charge is 0.481 e. The molecule has 2 aromatic rings. The fourth-order valence-electron chi connectivity index (χ4n) is 4.89. The van der Waals surface area contributed by atoms with E-state index in [4.69, 9.17) is 19.5 Å². The van der Waals surface area contributed by atoms with Crippen LogP contribution < -0.4 is 16.4 Å². The van der Waals surface area contributed by atoms with Gasteiger partial charge in [-0.1, -0.05) is 45.4 Å². The molecule has 0 spiro atoms. The number of ether oxygens (including phenoxy) is 1. The SMILES string of the molecule is CCCCCC(=O)SCCNC(=O)CCNC(=O)[C@H](O)C(C)(C)COP(=O)(O)OP(=O)(O)OC[C@H]1O[C@@H](n2cnc3c(N)ncnc32)[C@H](O)[C@@H]1OP(=O)(O)O.[Li]. The van der Waals surface area contributed by atoms with Gasteiger partial charge in [-0.05, 0) is 6.42 Å². The first-order chi connectivity index (χ1) is 25.6. The number of amides is 2. The van der Waals surface area contributed by atoms with Crippen molar-refractivity contribution in [1.29, 1.82) is 0 Å². The molecule has 0 aromatic carbocycles. The van der Waals surface area contributed by atoms with Crippen molar-refractivity contribution in [2.75, 3.05) is 37.8 Å². The number of hydrogen-bond acceptors (Lipinski definition) is 18. The first-order valence-electron chi connectivity index (χ1n) is 16.6. The maximum atomic E-state index is 12.7. The van der Waals surface area contributed by atoms with Gasteiger partial charge >= 0.3 is 23.5 Å². The number of phosphoric acid groups is 3. The summed E-state index contributed by atoms with van der Waals surface area (Å²) in [5, 5.41) is 26.4. The minimum absolute atomic E-state index is 0. The molecule has 1 saturated heterocycles. The van der Waals surface area contributed by atoms with E-state index in [1.54, 1.807) is 0 Å². The Kier molecular flexibility index (Phi) is 19.7. The van der Waals surface area contributed by atoms with Crippen molar-refractivity contribution >= 4 is 88.0 Å². The van der Waals surface area contributed by atoms with Gasteiger partial charge in [0.2, 0.25) is 11.8 Å². The molecule has 0 saturated carbocycles. The van der Waals surface area contributed by atoms with Crippen LogP contribution in [-0.4, -0.2) is 142 Å². The van der Waals surface area contributed by atoms with Crippen molar-refractivity contribution in [3.05, 3.63) is 12.7 Å². The molecule has 0 bridgehead atoms. The summed E-state index contributed by atoms with van der Waals surface area (Å²) in [6.45, 7) is 2.59. The number of hydrogen-bond donors (Lipinski definition) is 9. The molecule has 10 N–H and O–H groups in total. The molecular weight excluding hydrogens is 826 g/mol. The molecule has 1 fully saturated rings. The predicted molar refractivity (Wildman–Crippen MR) is 197 cm³/mol. The van der Waals surface area contributed by atoms with E-state index in [0.717, 1.165) is 48.2 Å². The number of aromatic nitrogens is 4. The fraction of sp³-hybridized carbons (Fsp3) is 0.704. The van der Waals surface area contributed by atoms with Gasteiger partial charge < -0.3 is 50.9 Å². The molecule has 3 heterocycles. The Bertz CT molecular complexity index is 1790. The van der Waals surface area contributed by atoms with E-state index < -0.39 is 84.6 Å². The van der Waals surface area contributed by atoms with E-state index in [1.807, 2.05) is 6.92 Å². The molecule has 2 unspecified atom stereocenters. The molecular formula is C27H46LiN7O17P3S. The second-order valence-electron chi connectivity index (χ2n) is 12.7. The first kappa shape index (κ1) is 50.3.